The average Bonchev–Trinajstić information content (AvgIpc) is 3.31. The number of unbranched alkanes of at least 4 members (excludes halogenated alkanes) is 25. The van der Waals surface area contributed by atoms with Gasteiger partial charge >= 0.3 is 11.9 Å². The molecule has 0 saturated carbocycles. The van der Waals surface area contributed by atoms with Crippen molar-refractivity contribution in [1.82, 2.24) is 0 Å². The van der Waals surface area contributed by atoms with Crippen molar-refractivity contribution in [1.29, 1.82) is 0 Å². The minimum atomic E-state index is -4.64. The molecule has 0 spiro atoms. The van der Waals surface area contributed by atoms with Crippen molar-refractivity contribution >= 4 is 19.8 Å². The number of nitrogens with zero attached hydrogens (tertiary/aromatic N) is 1. The first kappa shape index (κ1) is 66.5. The van der Waals surface area contributed by atoms with Gasteiger partial charge in [-0.3, -0.25) is 14.2 Å². The van der Waals surface area contributed by atoms with Gasteiger partial charge < -0.3 is 27.9 Å². The Morgan fingerprint density at radius 3 is 1.23 bits per heavy atom. The number of hydrogen-bond donors (Lipinski definition) is 0. The summed E-state index contributed by atoms with van der Waals surface area (Å²) in [6, 6.07) is 0. The number of phosphoric ester groups is 1. The van der Waals surface area contributed by atoms with Crippen LogP contribution in [0.25, 0.3) is 0 Å². The number of esters is 2. The number of likely N-dealkylation sites (N-methyl/N-ethyl adjacent to an activating group) is 1. The van der Waals surface area contributed by atoms with Crippen LogP contribution in [0.5, 0.6) is 0 Å². The maximum atomic E-state index is 12.8. The third kappa shape index (κ3) is 54.6. The zero-order valence-corrected chi connectivity index (χ0v) is 46.1. The van der Waals surface area contributed by atoms with Crippen molar-refractivity contribution in [2.24, 2.45) is 0 Å². The van der Waals surface area contributed by atoms with Crippen LogP contribution in [0.15, 0.2) is 72.9 Å². The summed E-state index contributed by atoms with van der Waals surface area (Å²) in [5.74, 6) is -0.840. The fourth-order valence-electron chi connectivity index (χ4n) is 7.62. The van der Waals surface area contributed by atoms with Crippen LogP contribution in [0.2, 0.25) is 0 Å². The summed E-state index contributed by atoms with van der Waals surface area (Å²) in [4.78, 5) is 37.8. The van der Waals surface area contributed by atoms with E-state index in [0.29, 0.717) is 17.4 Å². The van der Waals surface area contributed by atoms with Crippen molar-refractivity contribution in [2.75, 3.05) is 47.5 Å². The second-order valence-electron chi connectivity index (χ2n) is 19.9. The lowest BCUT2D eigenvalue weighted by Crippen LogP contribution is -2.37. The molecule has 2 unspecified atom stereocenters. The second kappa shape index (κ2) is 50.4. The van der Waals surface area contributed by atoms with Crippen LogP contribution < -0.4 is 4.89 Å². The lowest BCUT2D eigenvalue weighted by Gasteiger charge is -2.28. The predicted octanol–water partition coefficient (Wildman–Crippen LogP) is 16.7. The molecule has 0 aromatic carbocycles. The van der Waals surface area contributed by atoms with Crippen LogP contribution in [-0.4, -0.2) is 70.0 Å². The first-order valence-electron chi connectivity index (χ1n) is 28.1. The molecule has 0 bridgehead atoms. The van der Waals surface area contributed by atoms with Gasteiger partial charge in [0.2, 0.25) is 0 Å². The molecule has 2 atom stereocenters. The Balaban J connectivity index is 4.17. The van der Waals surface area contributed by atoms with Gasteiger partial charge in [-0.2, -0.15) is 0 Å². The van der Waals surface area contributed by atoms with Gasteiger partial charge in [0.1, 0.15) is 19.8 Å². The minimum Gasteiger partial charge on any atom is -0.756 e. The zero-order chi connectivity index (χ0) is 50.6. The monoisotopic (exact) mass is 988 g/mol. The third-order valence-electron chi connectivity index (χ3n) is 12.0. The number of quaternary nitrogens is 1. The molecule has 69 heavy (non-hydrogen) atoms. The number of ether oxygens (including phenoxy) is 2. The van der Waals surface area contributed by atoms with Gasteiger partial charge in [-0.15, -0.1) is 0 Å². The Labute approximate surface area is 425 Å². The number of allylic oxidation sites excluding steroid dienone is 12. The molecule has 0 aliphatic heterocycles. The summed E-state index contributed by atoms with van der Waals surface area (Å²) in [6.07, 6.45) is 65.1. The molecular weight excluding hydrogens is 882 g/mol. The second-order valence-corrected chi connectivity index (χ2v) is 21.3. The minimum absolute atomic E-state index is 0.0343. The zero-order valence-electron chi connectivity index (χ0n) is 45.2. The summed E-state index contributed by atoms with van der Waals surface area (Å²) in [7, 11) is 1.16. The molecule has 0 amide bonds. The molecule has 0 radical (unpaired) electrons. The smallest absolute Gasteiger partial charge is 0.306 e. The molecule has 0 saturated heterocycles. The highest BCUT2D eigenvalue weighted by atomic mass is 31.2. The molecule has 0 heterocycles. The van der Waals surface area contributed by atoms with Gasteiger partial charge in [0, 0.05) is 12.8 Å². The Morgan fingerprint density at radius 1 is 0.464 bits per heavy atom. The SMILES string of the molecule is CC/C=C\C/C=C\C/C=C\C/C=C\CCCCCCCCCCCCCCCCC(=O)OC(COC(=O)CCCCCCCCC/C=C\C/C=C\CCCCCC)COP(=O)([O-])OCC[N+](C)(C)C. The molecule has 0 N–H and O–H groups in total. The standard InChI is InChI=1S/C59H106NO8P/c1-6-8-10-12-14-16-18-20-22-24-26-27-28-29-30-31-32-33-34-36-38-40-42-44-46-48-50-52-59(62)68-57(56-67-69(63,64)66-54-53-60(3,4)5)55-65-58(61)51-49-47-45-43-41-39-37-35-25-23-21-19-17-15-13-11-9-7-2/h8,10,14,16-17,19-20,22-23,25-27,57H,6-7,9,11-13,15,18,21,24,28-56H2,1-5H3/b10-8-,16-14-,19-17-,22-20-,25-23-,27-26-. The third-order valence-corrected chi connectivity index (χ3v) is 12.9. The fraction of sp³-hybridized carbons (Fsp3) is 0.763. The van der Waals surface area contributed by atoms with Gasteiger partial charge in [0.15, 0.2) is 6.10 Å². The maximum absolute atomic E-state index is 12.8. The maximum Gasteiger partial charge on any atom is 0.306 e. The average molecular weight is 988 g/mol. The Hall–Kier alpha value is -2.55. The summed E-state index contributed by atoms with van der Waals surface area (Å²) in [5.41, 5.74) is 0. The van der Waals surface area contributed by atoms with E-state index in [9.17, 15) is 19.0 Å². The topological polar surface area (TPSA) is 111 Å². The highest BCUT2D eigenvalue weighted by Gasteiger charge is 2.21. The van der Waals surface area contributed by atoms with E-state index in [-0.39, 0.29) is 26.1 Å². The van der Waals surface area contributed by atoms with Crippen molar-refractivity contribution in [2.45, 2.75) is 245 Å². The van der Waals surface area contributed by atoms with E-state index >= 15 is 0 Å². The van der Waals surface area contributed by atoms with Crippen molar-refractivity contribution in [3.8, 4) is 0 Å². The van der Waals surface area contributed by atoms with Crippen molar-refractivity contribution in [3.05, 3.63) is 72.9 Å². The summed E-state index contributed by atoms with van der Waals surface area (Å²) in [6.45, 7) is 4.11. The van der Waals surface area contributed by atoms with Gasteiger partial charge in [-0.05, 0) is 83.5 Å². The lowest BCUT2D eigenvalue weighted by atomic mass is 10.0. The number of carbonyl (C=O) groups excluding carboxylic acids is 2. The van der Waals surface area contributed by atoms with E-state index in [1.165, 1.54) is 122 Å². The van der Waals surface area contributed by atoms with Gasteiger partial charge in [-0.25, -0.2) is 0 Å². The fourth-order valence-corrected chi connectivity index (χ4v) is 8.35. The molecule has 0 aromatic rings. The summed E-state index contributed by atoms with van der Waals surface area (Å²) in [5, 5.41) is 0. The van der Waals surface area contributed by atoms with Crippen LogP contribution in [0.4, 0.5) is 0 Å². The number of carbonyl (C=O) groups is 2. The number of phosphoric acid groups is 1. The van der Waals surface area contributed by atoms with Crippen LogP contribution in [-0.2, 0) is 32.7 Å². The molecule has 0 aliphatic rings. The largest absolute Gasteiger partial charge is 0.756 e. The predicted molar refractivity (Wildman–Crippen MR) is 291 cm³/mol. The van der Waals surface area contributed by atoms with Gasteiger partial charge in [0.05, 0.1) is 27.7 Å². The van der Waals surface area contributed by atoms with E-state index in [1.807, 2.05) is 21.1 Å². The Morgan fingerprint density at radius 2 is 0.826 bits per heavy atom. The molecule has 0 rings (SSSR count). The number of rotatable bonds is 51. The van der Waals surface area contributed by atoms with E-state index in [1.54, 1.807) is 0 Å². The highest BCUT2D eigenvalue weighted by molar-refractivity contribution is 7.45. The first-order valence-corrected chi connectivity index (χ1v) is 29.6. The molecular formula is C59H106NO8P. The molecule has 10 heteroatoms. The summed E-state index contributed by atoms with van der Waals surface area (Å²) >= 11 is 0. The van der Waals surface area contributed by atoms with Crippen LogP contribution in [0.1, 0.15) is 239 Å². The van der Waals surface area contributed by atoms with Crippen LogP contribution in [0, 0.1) is 0 Å². The first-order chi connectivity index (χ1) is 33.5. The highest BCUT2D eigenvalue weighted by Crippen LogP contribution is 2.38. The van der Waals surface area contributed by atoms with Crippen LogP contribution in [0.3, 0.4) is 0 Å². The number of hydrogen-bond acceptors (Lipinski definition) is 8. The van der Waals surface area contributed by atoms with Gasteiger partial charge in [0.25, 0.3) is 7.82 Å². The Bertz CT molecular complexity index is 1400. The molecule has 0 aliphatic carbocycles. The van der Waals surface area contributed by atoms with Crippen LogP contribution >= 0.6 is 7.82 Å². The van der Waals surface area contributed by atoms with Crippen molar-refractivity contribution in [3.63, 3.8) is 0 Å². The molecule has 9 nitrogen and oxygen atoms in total. The molecule has 0 fully saturated rings. The van der Waals surface area contributed by atoms with E-state index in [4.69, 9.17) is 18.5 Å². The lowest BCUT2D eigenvalue weighted by molar-refractivity contribution is -0.870. The van der Waals surface area contributed by atoms with Gasteiger partial charge in [-0.1, -0.05) is 215 Å². The molecule has 400 valence electrons. The quantitative estimate of drug-likeness (QED) is 0.0195. The summed E-state index contributed by atoms with van der Waals surface area (Å²) < 4.78 is 34.1. The normalized spacial score (nSPS) is 13.9. The van der Waals surface area contributed by atoms with E-state index in [2.05, 4.69) is 86.8 Å². The van der Waals surface area contributed by atoms with E-state index in [0.717, 1.165) is 83.5 Å². The Kier molecular flexibility index (Phi) is 48.5. The van der Waals surface area contributed by atoms with Crippen molar-refractivity contribution < 1.29 is 42.1 Å². The molecule has 0 aromatic heterocycles. The van der Waals surface area contributed by atoms with E-state index < -0.39 is 32.5 Å².